The zero-order chi connectivity index (χ0) is 13.1. The second kappa shape index (κ2) is 6.38. The van der Waals surface area contributed by atoms with E-state index in [9.17, 15) is 0 Å². The quantitative estimate of drug-likeness (QED) is 0.833. The monoisotopic (exact) mass is 252 g/mol. The summed E-state index contributed by atoms with van der Waals surface area (Å²) in [6.07, 6.45) is 6.79. The average Bonchev–Trinajstić information content (AvgIpc) is 2.72. The summed E-state index contributed by atoms with van der Waals surface area (Å²) in [4.78, 5) is 2.69. The van der Waals surface area contributed by atoms with Crippen LogP contribution in [-0.4, -0.2) is 30.6 Å². The molecule has 2 rings (SSSR count). The van der Waals surface area contributed by atoms with Gasteiger partial charge >= 0.3 is 0 Å². The molecular weight excluding hydrogens is 220 g/mol. The SMILES string of the molecule is CCCC1CCN(CC2C(C)CC(C)CC2N)C1. The summed E-state index contributed by atoms with van der Waals surface area (Å²) in [5.41, 5.74) is 6.40. The van der Waals surface area contributed by atoms with Gasteiger partial charge in [-0.3, -0.25) is 0 Å². The molecule has 1 saturated heterocycles. The van der Waals surface area contributed by atoms with Crippen molar-refractivity contribution in [3.63, 3.8) is 0 Å². The van der Waals surface area contributed by atoms with Crippen LogP contribution in [0.4, 0.5) is 0 Å². The largest absolute Gasteiger partial charge is 0.327 e. The van der Waals surface area contributed by atoms with Gasteiger partial charge in [0.2, 0.25) is 0 Å². The molecule has 0 aromatic heterocycles. The highest BCUT2D eigenvalue weighted by molar-refractivity contribution is 4.89. The maximum atomic E-state index is 6.40. The van der Waals surface area contributed by atoms with Gasteiger partial charge in [-0.05, 0) is 55.9 Å². The second-order valence-electron chi connectivity index (χ2n) is 7.08. The van der Waals surface area contributed by atoms with Crippen LogP contribution in [0.1, 0.15) is 52.9 Å². The molecule has 106 valence electrons. The zero-order valence-corrected chi connectivity index (χ0v) is 12.6. The molecule has 1 aliphatic heterocycles. The van der Waals surface area contributed by atoms with E-state index in [4.69, 9.17) is 5.73 Å². The lowest BCUT2D eigenvalue weighted by molar-refractivity contribution is 0.127. The van der Waals surface area contributed by atoms with Crippen LogP contribution >= 0.6 is 0 Å². The van der Waals surface area contributed by atoms with Crippen LogP contribution < -0.4 is 5.73 Å². The van der Waals surface area contributed by atoms with E-state index >= 15 is 0 Å². The number of hydrogen-bond donors (Lipinski definition) is 1. The molecule has 1 saturated carbocycles. The van der Waals surface area contributed by atoms with Crippen molar-refractivity contribution in [3.05, 3.63) is 0 Å². The van der Waals surface area contributed by atoms with E-state index in [1.807, 2.05) is 0 Å². The zero-order valence-electron chi connectivity index (χ0n) is 12.6. The Bertz CT molecular complexity index is 241. The fourth-order valence-corrected chi connectivity index (χ4v) is 4.30. The Morgan fingerprint density at radius 1 is 1.22 bits per heavy atom. The highest BCUT2D eigenvalue weighted by Gasteiger charge is 2.34. The molecular formula is C16H32N2. The molecule has 2 heteroatoms. The van der Waals surface area contributed by atoms with Crippen LogP contribution in [0.15, 0.2) is 0 Å². The number of nitrogens with zero attached hydrogens (tertiary/aromatic N) is 1. The molecule has 2 aliphatic rings. The molecule has 0 radical (unpaired) electrons. The molecule has 1 aliphatic carbocycles. The molecule has 5 atom stereocenters. The van der Waals surface area contributed by atoms with Gasteiger partial charge in [0.25, 0.3) is 0 Å². The Morgan fingerprint density at radius 3 is 2.67 bits per heavy atom. The van der Waals surface area contributed by atoms with E-state index in [1.54, 1.807) is 0 Å². The van der Waals surface area contributed by atoms with Crippen LogP contribution in [0.2, 0.25) is 0 Å². The summed E-state index contributed by atoms with van der Waals surface area (Å²) in [6, 6.07) is 0.439. The Labute approximate surface area is 113 Å². The molecule has 5 unspecified atom stereocenters. The Balaban J connectivity index is 1.82. The Kier molecular flexibility index (Phi) is 5.08. The van der Waals surface area contributed by atoms with E-state index in [1.165, 1.54) is 51.7 Å². The van der Waals surface area contributed by atoms with Gasteiger partial charge in [-0.1, -0.05) is 27.2 Å². The maximum absolute atomic E-state index is 6.40. The summed E-state index contributed by atoms with van der Waals surface area (Å²) >= 11 is 0. The van der Waals surface area contributed by atoms with Gasteiger partial charge in [0.1, 0.15) is 0 Å². The first kappa shape index (κ1) is 14.3. The topological polar surface area (TPSA) is 29.3 Å². The van der Waals surface area contributed by atoms with Gasteiger partial charge in [-0.15, -0.1) is 0 Å². The Hall–Kier alpha value is -0.0800. The maximum Gasteiger partial charge on any atom is 0.00844 e. The first-order valence-electron chi connectivity index (χ1n) is 8.08. The van der Waals surface area contributed by atoms with Gasteiger partial charge in [0, 0.05) is 19.1 Å². The van der Waals surface area contributed by atoms with Crippen molar-refractivity contribution in [1.82, 2.24) is 4.90 Å². The number of likely N-dealkylation sites (tertiary alicyclic amines) is 1. The first-order chi connectivity index (χ1) is 8.60. The summed E-state index contributed by atoms with van der Waals surface area (Å²) in [6.45, 7) is 11.0. The summed E-state index contributed by atoms with van der Waals surface area (Å²) < 4.78 is 0. The minimum Gasteiger partial charge on any atom is -0.327 e. The fourth-order valence-electron chi connectivity index (χ4n) is 4.30. The van der Waals surface area contributed by atoms with Gasteiger partial charge in [-0.25, -0.2) is 0 Å². The van der Waals surface area contributed by atoms with E-state index in [0.29, 0.717) is 6.04 Å². The second-order valence-corrected chi connectivity index (χ2v) is 7.08. The highest BCUT2D eigenvalue weighted by atomic mass is 15.1. The molecule has 0 aromatic rings. The lowest BCUT2D eigenvalue weighted by Gasteiger charge is -2.39. The minimum atomic E-state index is 0.439. The summed E-state index contributed by atoms with van der Waals surface area (Å²) in [5, 5.41) is 0. The van der Waals surface area contributed by atoms with Crippen LogP contribution in [0.3, 0.4) is 0 Å². The van der Waals surface area contributed by atoms with Crippen molar-refractivity contribution in [2.45, 2.75) is 58.9 Å². The smallest absolute Gasteiger partial charge is 0.00844 e. The van der Waals surface area contributed by atoms with E-state index < -0.39 is 0 Å². The van der Waals surface area contributed by atoms with E-state index in [-0.39, 0.29) is 0 Å². The molecule has 18 heavy (non-hydrogen) atoms. The predicted octanol–water partition coefficient (Wildman–Crippen LogP) is 3.12. The summed E-state index contributed by atoms with van der Waals surface area (Å²) in [7, 11) is 0. The molecule has 0 bridgehead atoms. The minimum absolute atomic E-state index is 0.439. The molecule has 2 nitrogen and oxygen atoms in total. The van der Waals surface area contributed by atoms with Crippen LogP contribution in [0.25, 0.3) is 0 Å². The van der Waals surface area contributed by atoms with E-state index in [2.05, 4.69) is 25.7 Å². The molecule has 2 fully saturated rings. The van der Waals surface area contributed by atoms with Crippen molar-refractivity contribution >= 4 is 0 Å². The van der Waals surface area contributed by atoms with Gasteiger partial charge in [0.15, 0.2) is 0 Å². The standard InChI is InChI=1S/C16H32N2/c1-4-5-14-6-7-18(10-14)11-15-13(3)8-12(2)9-16(15)17/h12-16H,4-11,17H2,1-3H3. The van der Waals surface area contributed by atoms with Gasteiger partial charge in [-0.2, -0.15) is 0 Å². The lowest BCUT2D eigenvalue weighted by Crippen LogP contribution is -2.46. The molecule has 2 N–H and O–H groups in total. The van der Waals surface area contributed by atoms with Crippen molar-refractivity contribution in [2.24, 2.45) is 29.4 Å². The van der Waals surface area contributed by atoms with Gasteiger partial charge < -0.3 is 10.6 Å². The van der Waals surface area contributed by atoms with Crippen LogP contribution in [0, 0.1) is 23.7 Å². The van der Waals surface area contributed by atoms with Crippen LogP contribution in [-0.2, 0) is 0 Å². The Morgan fingerprint density at radius 2 is 2.00 bits per heavy atom. The van der Waals surface area contributed by atoms with Gasteiger partial charge in [0.05, 0.1) is 0 Å². The number of hydrogen-bond acceptors (Lipinski definition) is 2. The third-order valence-electron chi connectivity index (χ3n) is 5.27. The third-order valence-corrected chi connectivity index (χ3v) is 5.27. The first-order valence-corrected chi connectivity index (χ1v) is 8.08. The van der Waals surface area contributed by atoms with Crippen molar-refractivity contribution in [3.8, 4) is 0 Å². The highest BCUT2D eigenvalue weighted by Crippen LogP contribution is 2.34. The summed E-state index contributed by atoms with van der Waals surface area (Å²) in [5.74, 6) is 3.34. The van der Waals surface area contributed by atoms with E-state index in [0.717, 1.165) is 23.7 Å². The third kappa shape index (κ3) is 3.48. The lowest BCUT2D eigenvalue weighted by atomic mass is 9.72. The van der Waals surface area contributed by atoms with Crippen molar-refractivity contribution in [1.29, 1.82) is 0 Å². The molecule has 0 aromatic carbocycles. The predicted molar refractivity (Wildman–Crippen MR) is 78.5 cm³/mol. The normalized spacial score (nSPS) is 42.3. The molecule has 0 spiro atoms. The fraction of sp³-hybridized carbons (Fsp3) is 1.00. The van der Waals surface area contributed by atoms with Crippen LogP contribution in [0.5, 0.6) is 0 Å². The van der Waals surface area contributed by atoms with Crippen molar-refractivity contribution in [2.75, 3.05) is 19.6 Å². The molecule has 0 amide bonds. The number of nitrogens with two attached hydrogens (primary N) is 1. The van der Waals surface area contributed by atoms with Crippen molar-refractivity contribution < 1.29 is 0 Å². The molecule has 1 heterocycles. The average molecular weight is 252 g/mol. The number of rotatable bonds is 4.